The smallest absolute Gasteiger partial charge is 0.306 e. The molecule has 3 aromatic carbocycles. The van der Waals surface area contributed by atoms with Gasteiger partial charge in [-0.15, -0.1) is 0 Å². The average molecular weight is 819 g/mol. The number of ether oxygens (including phenoxy) is 1. The highest BCUT2D eigenvalue weighted by molar-refractivity contribution is 5.98. The topological polar surface area (TPSA) is 235 Å². The maximum atomic E-state index is 12.1. The highest BCUT2D eigenvalue weighted by Crippen LogP contribution is 2.17. The molecule has 15 nitrogen and oxygen atoms in total. The number of rotatable bonds is 14. The molecule has 0 radical (unpaired) electrons. The molecule has 0 aliphatic carbocycles. The quantitative estimate of drug-likeness (QED) is 0.102. The number of aryl methyl sites for hydroxylation is 6. The Bertz CT molecular complexity index is 1960. The maximum absolute atomic E-state index is 12.1. The Balaban J connectivity index is 0.000000456. The van der Waals surface area contributed by atoms with Gasteiger partial charge in [-0.3, -0.25) is 33.6 Å². The van der Waals surface area contributed by atoms with Crippen LogP contribution in [0.25, 0.3) is 0 Å². The average Bonchev–Trinajstić information content (AvgIpc) is 3.16. The molecule has 322 valence electrons. The summed E-state index contributed by atoms with van der Waals surface area (Å²) in [5.41, 5.74) is 14.4. The third-order valence-electron chi connectivity index (χ3n) is 9.32. The first-order valence-electron chi connectivity index (χ1n) is 19.2. The molecule has 15 heteroatoms. The number of esters is 1. The zero-order chi connectivity index (χ0) is 45.1. The van der Waals surface area contributed by atoms with E-state index >= 15 is 0 Å². The number of benzene rings is 3. The summed E-state index contributed by atoms with van der Waals surface area (Å²) < 4.78 is 4.53. The second-order valence-corrected chi connectivity index (χ2v) is 14.8. The Morgan fingerprint density at radius 3 is 1.14 bits per heavy atom. The number of aliphatic carboxylic acids is 1. The minimum atomic E-state index is -1.05. The molecule has 0 bridgehead atoms. The number of carboxylic acid groups (broad SMARTS) is 1. The van der Waals surface area contributed by atoms with Crippen molar-refractivity contribution in [3.63, 3.8) is 0 Å². The molecule has 8 N–H and O–H groups in total. The molecular weight excluding hydrogens is 757 g/mol. The molecule has 0 saturated carbocycles. The zero-order valence-corrected chi connectivity index (χ0v) is 36.3. The molecule has 5 amide bonds. The van der Waals surface area contributed by atoms with Crippen LogP contribution in [0.4, 0.5) is 17.1 Å². The van der Waals surface area contributed by atoms with Gasteiger partial charge in [-0.25, -0.2) is 0 Å². The van der Waals surface area contributed by atoms with Gasteiger partial charge in [0.1, 0.15) is 12.1 Å². The summed E-state index contributed by atoms with van der Waals surface area (Å²) in [5.74, 6) is -4.38. The Labute approximate surface area is 347 Å². The first-order valence-corrected chi connectivity index (χ1v) is 19.2. The Kier molecular flexibility index (Phi) is 21.3. The highest BCUT2D eigenvalue weighted by atomic mass is 16.5. The largest absolute Gasteiger partial charge is 0.481 e. The highest BCUT2D eigenvalue weighted by Gasteiger charge is 2.23. The standard InChI is InChI=1S/C17H24N2O4.C16H22N2O4.C11H16N2O/c1-10-6-7-14(8-11(10)2)19-17(22)13(4)18-16(21)12(3)9-15(20)23-5;1-9-5-6-13(7-10(9)2)18-16(22)12(4)17-15(21)11(3)8-14(19)20;1-7-4-5-10(6-8(7)2)13-11(14)9(3)12/h6-8,12-13H,9H2,1-5H3,(H,18,21)(H,19,22);5-7,11-12H,8H2,1-4H3,(H,17,21)(H,18,22)(H,19,20);4-6,9H,12H2,1-3H3,(H,13,14). The van der Waals surface area contributed by atoms with E-state index in [0.717, 1.165) is 33.5 Å². The summed E-state index contributed by atoms with van der Waals surface area (Å²) in [6, 6.07) is 15.0. The van der Waals surface area contributed by atoms with Gasteiger partial charge in [0.25, 0.3) is 0 Å². The number of amides is 5. The summed E-state index contributed by atoms with van der Waals surface area (Å²) in [4.78, 5) is 80.9. The van der Waals surface area contributed by atoms with E-state index in [4.69, 9.17) is 10.8 Å². The number of nitrogens with one attached hydrogen (secondary N) is 5. The number of hydrogen-bond acceptors (Lipinski definition) is 9. The molecule has 0 saturated heterocycles. The molecule has 0 fully saturated rings. The summed E-state index contributed by atoms with van der Waals surface area (Å²) in [6.45, 7) is 19.9. The van der Waals surface area contributed by atoms with Crippen molar-refractivity contribution in [1.82, 2.24) is 10.6 Å². The van der Waals surface area contributed by atoms with Crippen molar-refractivity contribution in [3.05, 3.63) is 88.0 Å². The molecule has 0 aliphatic heterocycles. The minimum Gasteiger partial charge on any atom is -0.481 e. The van der Waals surface area contributed by atoms with Crippen LogP contribution in [0.5, 0.6) is 0 Å². The van der Waals surface area contributed by atoms with Crippen LogP contribution in [0.15, 0.2) is 54.6 Å². The lowest BCUT2D eigenvalue weighted by Crippen LogP contribution is -2.44. The first kappa shape index (κ1) is 50.9. The van der Waals surface area contributed by atoms with E-state index in [-0.39, 0.29) is 36.5 Å². The predicted octanol–water partition coefficient (Wildman–Crippen LogP) is 5.39. The number of hydrogen-bond donors (Lipinski definition) is 7. The van der Waals surface area contributed by atoms with Crippen LogP contribution in [-0.2, 0) is 38.3 Å². The lowest BCUT2D eigenvalue weighted by Gasteiger charge is -2.17. The van der Waals surface area contributed by atoms with E-state index in [1.54, 1.807) is 33.8 Å². The van der Waals surface area contributed by atoms with Crippen LogP contribution >= 0.6 is 0 Å². The SMILES string of the molecule is COC(=O)CC(C)C(=O)NC(C)C(=O)Nc1ccc(C)c(C)c1.Cc1ccc(NC(=O)C(C)N)cc1C.Cc1ccc(NC(=O)C(C)NC(=O)C(C)CC(=O)O)cc1C. The summed E-state index contributed by atoms with van der Waals surface area (Å²) in [5, 5.41) is 22.0. The summed E-state index contributed by atoms with van der Waals surface area (Å²) in [7, 11) is 1.27. The van der Waals surface area contributed by atoms with Gasteiger partial charge in [0.2, 0.25) is 29.5 Å². The molecule has 5 atom stereocenters. The lowest BCUT2D eigenvalue weighted by atomic mass is 10.1. The molecule has 59 heavy (non-hydrogen) atoms. The van der Waals surface area contributed by atoms with Crippen molar-refractivity contribution < 1.29 is 43.4 Å². The van der Waals surface area contributed by atoms with Gasteiger partial charge in [-0.1, -0.05) is 32.0 Å². The number of carboxylic acids is 1. The van der Waals surface area contributed by atoms with Gasteiger partial charge in [-0.05, 0) is 132 Å². The molecule has 3 aromatic rings. The minimum absolute atomic E-state index is 0.0200. The molecule has 3 rings (SSSR count). The number of carbonyl (C=O) groups is 7. The third-order valence-corrected chi connectivity index (χ3v) is 9.32. The van der Waals surface area contributed by atoms with Crippen molar-refractivity contribution in [2.24, 2.45) is 17.6 Å². The van der Waals surface area contributed by atoms with Gasteiger partial charge in [0.15, 0.2) is 0 Å². The molecule has 0 aliphatic rings. The molecule has 0 heterocycles. The van der Waals surface area contributed by atoms with Gasteiger partial charge < -0.3 is 42.2 Å². The Morgan fingerprint density at radius 2 is 0.847 bits per heavy atom. The predicted molar refractivity (Wildman–Crippen MR) is 230 cm³/mol. The van der Waals surface area contributed by atoms with Crippen molar-refractivity contribution in [2.45, 2.75) is 107 Å². The monoisotopic (exact) mass is 818 g/mol. The maximum Gasteiger partial charge on any atom is 0.306 e. The number of carbonyl (C=O) groups excluding carboxylic acids is 6. The number of nitrogens with two attached hydrogens (primary N) is 1. The van der Waals surface area contributed by atoms with E-state index in [2.05, 4.69) is 31.3 Å². The fraction of sp³-hybridized carbons (Fsp3) is 0.432. The number of anilines is 3. The van der Waals surface area contributed by atoms with E-state index in [0.29, 0.717) is 11.4 Å². The van der Waals surface area contributed by atoms with E-state index < -0.39 is 47.8 Å². The van der Waals surface area contributed by atoms with Crippen LogP contribution in [0.3, 0.4) is 0 Å². The lowest BCUT2D eigenvalue weighted by molar-refractivity contribution is -0.144. The van der Waals surface area contributed by atoms with Crippen LogP contribution < -0.4 is 32.3 Å². The fourth-order valence-electron chi connectivity index (χ4n) is 4.84. The zero-order valence-electron chi connectivity index (χ0n) is 36.3. The first-order chi connectivity index (χ1) is 27.4. The second kappa shape index (κ2) is 24.6. The Morgan fingerprint density at radius 1 is 0.525 bits per heavy atom. The van der Waals surface area contributed by atoms with Crippen LogP contribution in [0, 0.1) is 53.4 Å². The molecule has 5 unspecified atom stereocenters. The van der Waals surface area contributed by atoms with Gasteiger partial charge >= 0.3 is 11.9 Å². The van der Waals surface area contributed by atoms with Crippen molar-refractivity contribution in [3.8, 4) is 0 Å². The third kappa shape index (κ3) is 18.8. The second-order valence-electron chi connectivity index (χ2n) is 14.8. The Hall–Kier alpha value is -6.09. The number of methoxy groups -OCH3 is 1. The summed E-state index contributed by atoms with van der Waals surface area (Å²) in [6.07, 6.45) is -0.287. The van der Waals surface area contributed by atoms with Gasteiger partial charge in [0, 0.05) is 28.9 Å². The molecule has 0 spiro atoms. The summed E-state index contributed by atoms with van der Waals surface area (Å²) >= 11 is 0. The van der Waals surface area contributed by atoms with E-state index in [1.165, 1.54) is 19.6 Å². The fourth-order valence-corrected chi connectivity index (χ4v) is 4.84. The van der Waals surface area contributed by atoms with Crippen LogP contribution in [0.2, 0.25) is 0 Å². The van der Waals surface area contributed by atoms with Crippen molar-refractivity contribution in [2.75, 3.05) is 23.1 Å². The van der Waals surface area contributed by atoms with Gasteiger partial charge in [0.05, 0.1) is 26.0 Å². The van der Waals surface area contributed by atoms with Crippen molar-refractivity contribution in [1.29, 1.82) is 0 Å². The van der Waals surface area contributed by atoms with Crippen molar-refractivity contribution >= 4 is 58.5 Å². The van der Waals surface area contributed by atoms with Crippen LogP contribution in [-0.4, -0.2) is 71.8 Å². The van der Waals surface area contributed by atoms with Crippen LogP contribution in [0.1, 0.15) is 80.8 Å². The molecular formula is C44H62N6O9. The van der Waals surface area contributed by atoms with E-state index in [1.807, 2.05) is 90.1 Å². The molecule has 0 aromatic heterocycles. The van der Waals surface area contributed by atoms with E-state index in [9.17, 15) is 33.6 Å². The normalized spacial score (nSPS) is 12.8. The van der Waals surface area contributed by atoms with Gasteiger partial charge in [-0.2, -0.15) is 0 Å².